The first-order chi connectivity index (χ1) is 18.2. The minimum atomic E-state index is -4.50. The molecule has 0 spiro atoms. The molecule has 0 bridgehead atoms. The Morgan fingerprint density at radius 2 is 1.76 bits per heavy atom. The van der Waals surface area contributed by atoms with Crippen LogP contribution in [0.15, 0.2) is 72.9 Å². The molecule has 0 atom stereocenters. The van der Waals surface area contributed by atoms with Crippen molar-refractivity contribution in [1.29, 1.82) is 0 Å². The fraction of sp³-hybridized carbons (Fsp3) is 0.207. The molecule has 0 amide bonds. The van der Waals surface area contributed by atoms with Crippen LogP contribution >= 0.6 is 0 Å². The van der Waals surface area contributed by atoms with Crippen molar-refractivity contribution in [1.82, 2.24) is 19.2 Å². The van der Waals surface area contributed by atoms with Crippen LogP contribution in [-0.2, 0) is 12.8 Å². The van der Waals surface area contributed by atoms with E-state index in [1.165, 1.54) is 4.68 Å². The van der Waals surface area contributed by atoms with Crippen LogP contribution in [0.4, 0.5) is 18.9 Å². The molecule has 5 aromatic rings. The lowest BCUT2D eigenvalue weighted by atomic mass is 9.94. The van der Waals surface area contributed by atoms with Crippen molar-refractivity contribution in [2.45, 2.75) is 39.5 Å². The molecule has 0 radical (unpaired) electrons. The van der Waals surface area contributed by atoms with Crippen molar-refractivity contribution >= 4 is 11.2 Å². The zero-order valence-corrected chi connectivity index (χ0v) is 21.0. The summed E-state index contributed by atoms with van der Waals surface area (Å²) in [5, 5.41) is 3.70. The Kier molecular flexibility index (Phi) is 6.41. The second-order valence-corrected chi connectivity index (χ2v) is 9.24. The summed E-state index contributed by atoms with van der Waals surface area (Å²) < 4.78 is 48.2. The molecule has 0 aliphatic carbocycles. The van der Waals surface area contributed by atoms with Crippen molar-refractivity contribution in [3.05, 3.63) is 107 Å². The normalized spacial score (nSPS) is 11.7. The quantitative estimate of drug-likeness (QED) is 0.217. The number of fused-ring (bicyclic) bond motifs is 1. The summed E-state index contributed by atoms with van der Waals surface area (Å²) in [5.41, 5.74) is 4.46. The summed E-state index contributed by atoms with van der Waals surface area (Å²) in [4.78, 5) is 8.58. The molecule has 0 N–H and O–H groups in total. The monoisotopic (exact) mass is 515 g/mol. The largest absolute Gasteiger partial charge is 0.460 e. The van der Waals surface area contributed by atoms with E-state index in [1.807, 2.05) is 36.4 Å². The van der Waals surface area contributed by atoms with Crippen LogP contribution < -0.4 is 4.74 Å². The third-order valence-corrected chi connectivity index (χ3v) is 6.31. The van der Waals surface area contributed by atoms with E-state index in [-0.39, 0.29) is 12.5 Å². The zero-order valence-electron chi connectivity index (χ0n) is 21.0. The van der Waals surface area contributed by atoms with E-state index in [9.17, 15) is 13.2 Å². The number of aromatic nitrogens is 4. The minimum absolute atomic E-state index is 0.176. The molecule has 0 unspecified atom stereocenters. The van der Waals surface area contributed by atoms with Gasteiger partial charge in [0.25, 0.3) is 6.01 Å². The molecule has 0 saturated heterocycles. The van der Waals surface area contributed by atoms with Gasteiger partial charge in [0.2, 0.25) is 5.69 Å². The van der Waals surface area contributed by atoms with Crippen LogP contribution in [0, 0.1) is 13.5 Å². The molecule has 5 rings (SSSR count). The molecule has 0 fully saturated rings. The number of ether oxygens (including phenoxy) is 1. The van der Waals surface area contributed by atoms with Gasteiger partial charge >= 0.3 is 6.18 Å². The average molecular weight is 516 g/mol. The molecule has 0 aliphatic rings. The fourth-order valence-electron chi connectivity index (χ4n) is 4.44. The first-order valence-electron chi connectivity index (χ1n) is 12.0. The Bertz CT molecular complexity index is 1660. The van der Waals surface area contributed by atoms with E-state index >= 15 is 0 Å². The Labute approximate surface area is 217 Å². The van der Waals surface area contributed by atoms with E-state index < -0.39 is 11.9 Å². The summed E-state index contributed by atoms with van der Waals surface area (Å²) in [6.45, 7) is 13.8. The van der Waals surface area contributed by atoms with E-state index in [1.54, 1.807) is 41.8 Å². The molecular weight excluding hydrogens is 491 g/mol. The summed E-state index contributed by atoms with van der Waals surface area (Å²) in [7, 11) is 0. The molecule has 38 heavy (non-hydrogen) atoms. The molecule has 9 heteroatoms. The number of halogens is 3. The average Bonchev–Trinajstić information content (AvgIpc) is 3.54. The first kappa shape index (κ1) is 25.1. The third kappa shape index (κ3) is 4.61. The van der Waals surface area contributed by atoms with Crippen molar-refractivity contribution in [3.63, 3.8) is 0 Å². The summed E-state index contributed by atoms with van der Waals surface area (Å²) in [6, 6.07) is 19.9. The molecule has 0 saturated carbocycles. The standard InChI is InChI=1S/C29H24F3N5O/c1-18(2)22-8-5-6-9-23(22)26-27(33-4)24-10-7-15-36(24)28(34-26)38-17-20-11-13-21(14-12-20)37-19(3)16-25(35-37)29(30,31)32/h5-16,18H,17H2,1-3H3. The second kappa shape index (κ2) is 9.71. The van der Waals surface area contributed by atoms with Crippen molar-refractivity contribution < 1.29 is 17.9 Å². The second-order valence-electron chi connectivity index (χ2n) is 9.24. The molecule has 2 aromatic carbocycles. The molecule has 0 aliphatic heterocycles. The van der Waals surface area contributed by atoms with Crippen molar-refractivity contribution in [2.24, 2.45) is 0 Å². The van der Waals surface area contributed by atoms with Gasteiger partial charge in [-0.15, -0.1) is 0 Å². The number of aryl methyl sites for hydroxylation is 1. The van der Waals surface area contributed by atoms with Gasteiger partial charge in [0.1, 0.15) is 6.61 Å². The maximum Gasteiger partial charge on any atom is 0.435 e. The highest BCUT2D eigenvalue weighted by atomic mass is 19.4. The van der Waals surface area contributed by atoms with Gasteiger partial charge < -0.3 is 4.74 Å². The minimum Gasteiger partial charge on any atom is -0.460 e. The third-order valence-electron chi connectivity index (χ3n) is 6.31. The van der Waals surface area contributed by atoms with Gasteiger partial charge in [0.15, 0.2) is 5.69 Å². The Morgan fingerprint density at radius 1 is 1.03 bits per heavy atom. The maximum atomic E-state index is 13.0. The molecule has 3 aromatic heterocycles. The number of hydrogen-bond acceptors (Lipinski definition) is 3. The van der Waals surface area contributed by atoms with Gasteiger partial charge in [-0.25, -0.2) is 14.5 Å². The smallest absolute Gasteiger partial charge is 0.435 e. The van der Waals surface area contributed by atoms with E-state index in [0.29, 0.717) is 34.3 Å². The summed E-state index contributed by atoms with van der Waals surface area (Å²) in [5.74, 6) is 0.239. The molecule has 3 heterocycles. The van der Waals surface area contributed by atoms with Gasteiger partial charge in [0, 0.05) is 11.9 Å². The van der Waals surface area contributed by atoms with Crippen LogP contribution in [0.3, 0.4) is 0 Å². The number of alkyl halides is 3. The van der Waals surface area contributed by atoms with Crippen molar-refractivity contribution in [2.75, 3.05) is 0 Å². The number of hydrogen-bond donors (Lipinski definition) is 0. The Hall–Kier alpha value is -4.58. The zero-order chi connectivity index (χ0) is 27.0. The van der Waals surface area contributed by atoms with Crippen LogP contribution in [0.25, 0.3) is 27.3 Å². The lowest BCUT2D eigenvalue weighted by Gasteiger charge is -2.16. The van der Waals surface area contributed by atoms with Gasteiger partial charge in [-0.05, 0) is 59.9 Å². The summed E-state index contributed by atoms with van der Waals surface area (Å²) >= 11 is 0. The van der Waals surface area contributed by atoms with Gasteiger partial charge in [-0.2, -0.15) is 18.3 Å². The van der Waals surface area contributed by atoms with E-state index in [0.717, 1.165) is 22.8 Å². The lowest BCUT2D eigenvalue weighted by Crippen LogP contribution is -2.07. The van der Waals surface area contributed by atoms with Gasteiger partial charge in [-0.1, -0.05) is 50.2 Å². The van der Waals surface area contributed by atoms with Gasteiger partial charge in [0.05, 0.1) is 23.5 Å². The summed E-state index contributed by atoms with van der Waals surface area (Å²) in [6.07, 6.45) is -2.70. The van der Waals surface area contributed by atoms with Crippen LogP contribution in [-0.4, -0.2) is 19.2 Å². The van der Waals surface area contributed by atoms with Crippen LogP contribution in [0.5, 0.6) is 6.01 Å². The highest BCUT2D eigenvalue weighted by Gasteiger charge is 2.34. The molecule has 6 nitrogen and oxygen atoms in total. The van der Waals surface area contributed by atoms with E-state index in [4.69, 9.17) is 16.3 Å². The van der Waals surface area contributed by atoms with Crippen LogP contribution in [0.2, 0.25) is 0 Å². The van der Waals surface area contributed by atoms with Crippen LogP contribution in [0.1, 0.15) is 42.3 Å². The Balaban J connectivity index is 1.46. The predicted molar refractivity (Wildman–Crippen MR) is 139 cm³/mol. The molecule has 192 valence electrons. The highest BCUT2D eigenvalue weighted by molar-refractivity contribution is 5.89. The SMILES string of the molecule is [C-]#[N+]c1c(-c2ccccc2C(C)C)nc(OCc2ccc(-n3nc(C(F)(F)F)cc3C)cc2)n2cccc12. The number of rotatable bonds is 6. The predicted octanol–water partition coefficient (Wildman–Crippen LogP) is 7.77. The maximum absolute atomic E-state index is 13.0. The van der Waals surface area contributed by atoms with Gasteiger partial charge in [-0.3, -0.25) is 4.40 Å². The highest BCUT2D eigenvalue weighted by Crippen LogP contribution is 2.39. The van der Waals surface area contributed by atoms with Crippen molar-refractivity contribution in [3.8, 4) is 23.0 Å². The number of benzene rings is 2. The first-order valence-corrected chi connectivity index (χ1v) is 12.0. The van der Waals surface area contributed by atoms with E-state index in [2.05, 4.69) is 23.8 Å². The number of nitrogens with zero attached hydrogens (tertiary/aromatic N) is 5. The lowest BCUT2D eigenvalue weighted by molar-refractivity contribution is -0.141. The Morgan fingerprint density at radius 3 is 2.42 bits per heavy atom. The molecular formula is C29H24F3N5O. The fourth-order valence-corrected chi connectivity index (χ4v) is 4.44. The topological polar surface area (TPSA) is 48.7 Å².